The Morgan fingerprint density at radius 3 is 2.68 bits per heavy atom. The van der Waals surface area contributed by atoms with Gasteiger partial charge in [-0.15, -0.1) is 0 Å². The minimum atomic E-state index is 1.00. The first kappa shape index (κ1) is 12.4. The van der Waals surface area contributed by atoms with Crippen LogP contribution in [0.2, 0.25) is 0 Å². The molecular formula is C18H21N. The first-order chi connectivity index (χ1) is 9.38. The van der Waals surface area contributed by atoms with Crippen molar-refractivity contribution in [2.24, 2.45) is 0 Å². The summed E-state index contributed by atoms with van der Waals surface area (Å²) in [4.78, 5) is 0. The molecule has 1 N–H and O–H groups in total. The Labute approximate surface area is 115 Å². The van der Waals surface area contributed by atoms with Gasteiger partial charge in [-0.25, -0.2) is 0 Å². The average molecular weight is 251 g/mol. The molecular weight excluding hydrogens is 230 g/mol. The van der Waals surface area contributed by atoms with E-state index in [2.05, 4.69) is 54.7 Å². The molecule has 19 heavy (non-hydrogen) atoms. The molecule has 1 nitrogen and oxygen atoms in total. The molecule has 2 aromatic rings. The predicted molar refractivity (Wildman–Crippen MR) is 81.3 cm³/mol. The number of hydrogen-bond donors (Lipinski definition) is 1. The van der Waals surface area contributed by atoms with E-state index in [9.17, 15) is 0 Å². The fourth-order valence-corrected chi connectivity index (χ4v) is 2.92. The molecule has 1 aliphatic rings. The fraction of sp³-hybridized carbons (Fsp3) is 0.333. The molecule has 0 amide bonds. The van der Waals surface area contributed by atoms with E-state index >= 15 is 0 Å². The number of fused-ring (bicyclic) bond motifs is 1. The van der Waals surface area contributed by atoms with Gasteiger partial charge in [-0.1, -0.05) is 55.8 Å². The molecule has 0 aromatic heterocycles. The topological polar surface area (TPSA) is 12.0 Å². The highest BCUT2D eigenvalue weighted by Crippen LogP contribution is 2.28. The van der Waals surface area contributed by atoms with E-state index in [1.54, 1.807) is 0 Å². The Hall–Kier alpha value is -1.60. The summed E-state index contributed by atoms with van der Waals surface area (Å²) in [6, 6.07) is 15.8. The highest BCUT2D eigenvalue weighted by molar-refractivity contribution is 5.69. The minimum Gasteiger partial charge on any atom is -0.312 e. The van der Waals surface area contributed by atoms with Gasteiger partial charge in [0, 0.05) is 6.54 Å². The number of rotatable bonds is 3. The molecule has 0 saturated carbocycles. The van der Waals surface area contributed by atoms with Crippen LogP contribution in [0.25, 0.3) is 11.1 Å². The van der Waals surface area contributed by atoms with Crippen LogP contribution in [0.1, 0.15) is 30.0 Å². The predicted octanol–water partition coefficient (Wildman–Crippen LogP) is 3.95. The standard InChI is InChI=1S/C18H21N/c1-2-4-14-7-9-16(10-8-14)17-6-3-5-15-11-12-19-13-18(15)17/h3,5-10,19H,2,4,11-13H2,1H3. The van der Waals surface area contributed by atoms with Gasteiger partial charge in [0.2, 0.25) is 0 Å². The normalized spacial score (nSPS) is 14.2. The summed E-state index contributed by atoms with van der Waals surface area (Å²) in [6.07, 6.45) is 3.54. The lowest BCUT2D eigenvalue weighted by Gasteiger charge is -2.20. The van der Waals surface area contributed by atoms with Gasteiger partial charge in [-0.05, 0) is 47.2 Å². The molecule has 0 unspecified atom stereocenters. The number of nitrogens with one attached hydrogen (secondary N) is 1. The molecule has 0 radical (unpaired) electrons. The van der Waals surface area contributed by atoms with Crippen LogP contribution >= 0.6 is 0 Å². The Balaban J connectivity index is 1.97. The maximum atomic E-state index is 3.48. The molecule has 0 bridgehead atoms. The van der Waals surface area contributed by atoms with Gasteiger partial charge in [0.1, 0.15) is 0 Å². The number of benzene rings is 2. The summed E-state index contributed by atoms with van der Waals surface area (Å²) in [5.74, 6) is 0. The molecule has 2 aromatic carbocycles. The van der Waals surface area contributed by atoms with Gasteiger partial charge in [0.25, 0.3) is 0 Å². The van der Waals surface area contributed by atoms with E-state index in [0.29, 0.717) is 0 Å². The molecule has 0 spiro atoms. The highest BCUT2D eigenvalue weighted by Gasteiger charge is 2.13. The van der Waals surface area contributed by atoms with Crippen molar-refractivity contribution in [1.82, 2.24) is 5.32 Å². The second-order valence-corrected chi connectivity index (χ2v) is 5.32. The van der Waals surface area contributed by atoms with Crippen LogP contribution in [0.15, 0.2) is 42.5 Å². The Morgan fingerprint density at radius 1 is 1.05 bits per heavy atom. The third kappa shape index (κ3) is 2.57. The van der Waals surface area contributed by atoms with Crippen molar-refractivity contribution >= 4 is 0 Å². The van der Waals surface area contributed by atoms with Gasteiger partial charge in [-0.3, -0.25) is 0 Å². The van der Waals surface area contributed by atoms with Gasteiger partial charge in [0.05, 0.1) is 0 Å². The number of hydrogen-bond acceptors (Lipinski definition) is 1. The SMILES string of the molecule is CCCc1ccc(-c2cccc3c2CNCC3)cc1. The Kier molecular flexibility index (Phi) is 3.65. The second kappa shape index (κ2) is 5.58. The molecule has 0 atom stereocenters. The van der Waals surface area contributed by atoms with Crippen molar-refractivity contribution in [3.8, 4) is 11.1 Å². The highest BCUT2D eigenvalue weighted by atomic mass is 14.9. The van der Waals surface area contributed by atoms with Crippen molar-refractivity contribution in [1.29, 1.82) is 0 Å². The van der Waals surface area contributed by atoms with Crippen LogP contribution in [0.3, 0.4) is 0 Å². The van der Waals surface area contributed by atoms with Gasteiger partial charge >= 0.3 is 0 Å². The monoisotopic (exact) mass is 251 g/mol. The van der Waals surface area contributed by atoms with E-state index in [1.807, 2.05) is 0 Å². The molecule has 1 aliphatic heterocycles. The van der Waals surface area contributed by atoms with Gasteiger partial charge in [0.15, 0.2) is 0 Å². The summed E-state index contributed by atoms with van der Waals surface area (Å²) >= 11 is 0. The molecule has 3 rings (SSSR count). The summed E-state index contributed by atoms with van der Waals surface area (Å²) in [5, 5.41) is 3.48. The zero-order valence-corrected chi connectivity index (χ0v) is 11.6. The van der Waals surface area contributed by atoms with E-state index in [0.717, 1.165) is 19.5 Å². The lowest BCUT2D eigenvalue weighted by molar-refractivity contribution is 0.645. The van der Waals surface area contributed by atoms with E-state index in [1.165, 1.54) is 40.7 Å². The van der Waals surface area contributed by atoms with Crippen LogP contribution in [-0.2, 0) is 19.4 Å². The van der Waals surface area contributed by atoms with Crippen molar-refractivity contribution in [3.63, 3.8) is 0 Å². The van der Waals surface area contributed by atoms with Crippen molar-refractivity contribution < 1.29 is 0 Å². The summed E-state index contributed by atoms with van der Waals surface area (Å²) in [7, 11) is 0. The summed E-state index contributed by atoms with van der Waals surface area (Å²) < 4.78 is 0. The van der Waals surface area contributed by atoms with Crippen LogP contribution < -0.4 is 5.32 Å². The van der Waals surface area contributed by atoms with E-state index < -0.39 is 0 Å². The van der Waals surface area contributed by atoms with Crippen molar-refractivity contribution in [3.05, 3.63) is 59.2 Å². The zero-order valence-electron chi connectivity index (χ0n) is 11.6. The lowest BCUT2D eigenvalue weighted by Crippen LogP contribution is -2.24. The molecule has 98 valence electrons. The molecule has 0 aliphatic carbocycles. The largest absolute Gasteiger partial charge is 0.312 e. The fourth-order valence-electron chi connectivity index (χ4n) is 2.92. The van der Waals surface area contributed by atoms with Crippen LogP contribution in [-0.4, -0.2) is 6.54 Å². The molecule has 0 fully saturated rings. The van der Waals surface area contributed by atoms with Crippen LogP contribution in [0.4, 0.5) is 0 Å². The van der Waals surface area contributed by atoms with E-state index in [-0.39, 0.29) is 0 Å². The third-order valence-corrected chi connectivity index (χ3v) is 3.95. The molecule has 1 heterocycles. The van der Waals surface area contributed by atoms with Crippen LogP contribution in [0, 0.1) is 0 Å². The Bertz CT molecular complexity index is 554. The third-order valence-electron chi connectivity index (χ3n) is 3.95. The lowest BCUT2D eigenvalue weighted by atomic mass is 9.91. The second-order valence-electron chi connectivity index (χ2n) is 5.32. The summed E-state index contributed by atoms with van der Waals surface area (Å²) in [6.45, 7) is 4.33. The average Bonchev–Trinajstić information content (AvgIpc) is 2.48. The van der Waals surface area contributed by atoms with Gasteiger partial charge < -0.3 is 5.32 Å². The Morgan fingerprint density at radius 2 is 1.89 bits per heavy atom. The van der Waals surface area contributed by atoms with Crippen molar-refractivity contribution in [2.75, 3.05) is 6.54 Å². The zero-order chi connectivity index (χ0) is 13.1. The van der Waals surface area contributed by atoms with Gasteiger partial charge in [-0.2, -0.15) is 0 Å². The minimum absolute atomic E-state index is 1.00. The molecule has 1 heteroatoms. The smallest absolute Gasteiger partial charge is 0.0214 e. The first-order valence-corrected chi connectivity index (χ1v) is 7.29. The quantitative estimate of drug-likeness (QED) is 0.871. The first-order valence-electron chi connectivity index (χ1n) is 7.29. The maximum absolute atomic E-state index is 3.48. The van der Waals surface area contributed by atoms with Crippen molar-refractivity contribution in [2.45, 2.75) is 32.7 Å². The van der Waals surface area contributed by atoms with Crippen LogP contribution in [0.5, 0.6) is 0 Å². The molecule has 0 saturated heterocycles. The van der Waals surface area contributed by atoms with E-state index in [4.69, 9.17) is 0 Å². The number of aryl methyl sites for hydroxylation is 1. The maximum Gasteiger partial charge on any atom is 0.0214 e. The summed E-state index contributed by atoms with van der Waals surface area (Å²) in [5.41, 5.74) is 7.17.